The molecule has 1 fully saturated rings. The van der Waals surface area contributed by atoms with Crippen molar-refractivity contribution in [2.45, 2.75) is 45.3 Å². The summed E-state index contributed by atoms with van der Waals surface area (Å²) in [4.78, 5) is 18.3. The lowest BCUT2D eigenvalue weighted by Gasteiger charge is -2.23. The summed E-state index contributed by atoms with van der Waals surface area (Å²) in [5, 5.41) is 6.21. The Hall–Kier alpha value is -1.58. The molecule has 2 N–H and O–H groups in total. The molecule has 1 aliphatic rings. The van der Waals surface area contributed by atoms with Gasteiger partial charge in [-0.05, 0) is 51.3 Å². The summed E-state index contributed by atoms with van der Waals surface area (Å²) in [6, 6.07) is 6.64. The van der Waals surface area contributed by atoms with Crippen molar-refractivity contribution >= 4 is 36.0 Å². The largest absolute Gasteiger partial charge is 0.444 e. The van der Waals surface area contributed by atoms with E-state index in [9.17, 15) is 9.18 Å². The lowest BCUT2D eigenvalue weighted by atomic mass is 10.1. The lowest BCUT2D eigenvalue weighted by molar-refractivity contribution is 0.0507. The van der Waals surface area contributed by atoms with Gasteiger partial charge in [0.05, 0.1) is 6.04 Å². The van der Waals surface area contributed by atoms with Crippen molar-refractivity contribution < 1.29 is 13.9 Å². The Labute approximate surface area is 178 Å². The van der Waals surface area contributed by atoms with Crippen LogP contribution in [0, 0.1) is 5.82 Å². The van der Waals surface area contributed by atoms with Crippen molar-refractivity contribution in [3.05, 3.63) is 35.6 Å². The molecule has 27 heavy (non-hydrogen) atoms. The number of guanidine groups is 1. The van der Waals surface area contributed by atoms with Crippen LogP contribution in [0.15, 0.2) is 29.3 Å². The highest BCUT2D eigenvalue weighted by Gasteiger charge is 2.27. The van der Waals surface area contributed by atoms with Gasteiger partial charge >= 0.3 is 6.09 Å². The van der Waals surface area contributed by atoms with Crippen LogP contribution in [-0.2, 0) is 11.2 Å². The fourth-order valence-electron chi connectivity index (χ4n) is 2.89. The summed E-state index contributed by atoms with van der Waals surface area (Å²) >= 11 is 0. The van der Waals surface area contributed by atoms with Crippen LogP contribution in [0.5, 0.6) is 0 Å². The zero-order valence-corrected chi connectivity index (χ0v) is 18.7. The van der Waals surface area contributed by atoms with Crippen LogP contribution in [0.1, 0.15) is 32.8 Å². The van der Waals surface area contributed by atoms with Crippen LogP contribution in [0.2, 0.25) is 0 Å². The molecule has 1 aromatic carbocycles. The van der Waals surface area contributed by atoms with E-state index in [0.717, 1.165) is 24.5 Å². The summed E-state index contributed by atoms with van der Waals surface area (Å²) in [7, 11) is 1.74. The molecule has 1 unspecified atom stereocenters. The Kier molecular flexibility index (Phi) is 9.28. The third-order valence-electron chi connectivity index (χ3n) is 4.01. The van der Waals surface area contributed by atoms with Crippen LogP contribution < -0.4 is 10.6 Å². The Morgan fingerprint density at radius 3 is 2.78 bits per heavy atom. The SMILES string of the molecule is CN=C(NCCc1cccc(F)c1)N1CCC(NC(=O)OC(C)(C)C)C1.I. The van der Waals surface area contributed by atoms with Gasteiger partial charge in [0.2, 0.25) is 0 Å². The topological polar surface area (TPSA) is 66.0 Å². The molecule has 1 amide bonds. The minimum atomic E-state index is -0.503. The van der Waals surface area contributed by atoms with E-state index in [1.54, 1.807) is 19.2 Å². The number of nitrogens with one attached hydrogen (secondary N) is 2. The Morgan fingerprint density at radius 1 is 1.41 bits per heavy atom. The quantitative estimate of drug-likeness (QED) is 0.385. The van der Waals surface area contributed by atoms with E-state index in [1.165, 1.54) is 6.07 Å². The van der Waals surface area contributed by atoms with E-state index in [2.05, 4.69) is 20.5 Å². The number of ether oxygens (including phenoxy) is 1. The van der Waals surface area contributed by atoms with Crippen molar-refractivity contribution in [1.82, 2.24) is 15.5 Å². The standard InChI is InChI=1S/C19H29FN4O2.HI/c1-19(2,3)26-18(25)23-16-9-11-24(13-16)17(21-4)22-10-8-14-6-5-7-15(20)12-14;/h5-7,12,16H,8-11,13H2,1-4H3,(H,21,22)(H,23,25);1H. The number of halogens is 2. The summed E-state index contributed by atoms with van der Waals surface area (Å²) in [6.07, 6.45) is 1.16. The monoisotopic (exact) mass is 492 g/mol. The molecule has 1 saturated heterocycles. The number of aliphatic imine (C=N–C) groups is 1. The molecule has 0 aliphatic carbocycles. The molecule has 0 bridgehead atoms. The Morgan fingerprint density at radius 2 is 2.15 bits per heavy atom. The second-order valence-electron chi connectivity index (χ2n) is 7.43. The van der Waals surface area contributed by atoms with E-state index in [1.807, 2.05) is 26.8 Å². The molecule has 0 aromatic heterocycles. The van der Waals surface area contributed by atoms with Gasteiger partial charge in [0, 0.05) is 26.7 Å². The van der Waals surface area contributed by atoms with E-state index in [0.29, 0.717) is 19.5 Å². The maximum atomic E-state index is 13.2. The molecular weight excluding hydrogens is 462 g/mol. The molecule has 0 radical (unpaired) electrons. The number of rotatable bonds is 4. The van der Waals surface area contributed by atoms with Crippen molar-refractivity contribution in [3.8, 4) is 0 Å². The third-order valence-corrected chi connectivity index (χ3v) is 4.01. The Bertz CT molecular complexity index is 649. The number of benzene rings is 1. The van der Waals surface area contributed by atoms with Gasteiger partial charge in [-0.2, -0.15) is 0 Å². The summed E-state index contributed by atoms with van der Waals surface area (Å²) in [5.74, 6) is 0.567. The highest BCUT2D eigenvalue weighted by atomic mass is 127. The van der Waals surface area contributed by atoms with E-state index < -0.39 is 11.7 Å². The average molecular weight is 492 g/mol. The second-order valence-corrected chi connectivity index (χ2v) is 7.43. The maximum absolute atomic E-state index is 13.2. The number of hydrogen-bond donors (Lipinski definition) is 2. The molecule has 1 aromatic rings. The van der Waals surface area contributed by atoms with Gasteiger partial charge in [-0.3, -0.25) is 4.99 Å². The number of carbonyl (C=O) groups is 1. The van der Waals surface area contributed by atoms with E-state index in [-0.39, 0.29) is 35.8 Å². The smallest absolute Gasteiger partial charge is 0.407 e. The number of hydrogen-bond acceptors (Lipinski definition) is 3. The summed E-state index contributed by atoms with van der Waals surface area (Å²) in [5.41, 5.74) is 0.440. The first-order valence-electron chi connectivity index (χ1n) is 8.96. The first-order valence-corrected chi connectivity index (χ1v) is 8.96. The van der Waals surface area contributed by atoms with Gasteiger partial charge in [-0.15, -0.1) is 24.0 Å². The molecule has 1 heterocycles. The molecule has 0 saturated carbocycles. The number of amides is 1. The first-order chi connectivity index (χ1) is 12.3. The van der Waals surface area contributed by atoms with Crippen LogP contribution in [0.3, 0.4) is 0 Å². The molecular formula is C19H30FIN4O2. The lowest BCUT2D eigenvalue weighted by Crippen LogP contribution is -2.44. The van der Waals surface area contributed by atoms with Crippen molar-refractivity contribution in [1.29, 1.82) is 0 Å². The molecule has 152 valence electrons. The van der Waals surface area contributed by atoms with Crippen LogP contribution in [-0.4, -0.2) is 55.3 Å². The predicted molar refractivity (Wildman–Crippen MR) is 116 cm³/mol. The number of carbonyl (C=O) groups excluding carboxylic acids is 1. The summed E-state index contributed by atoms with van der Waals surface area (Å²) < 4.78 is 18.5. The Balaban J connectivity index is 0.00000364. The molecule has 1 atom stereocenters. The van der Waals surface area contributed by atoms with Gasteiger partial charge in [0.25, 0.3) is 0 Å². The van der Waals surface area contributed by atoms with E-state index >= 15 is 0 Å². The molecule has 1 aliphatic heterocycles. The predicted octanol–water partition coefficient (Wildman–Crippen LogP) is 3.16. The molecule has 2 rings (SSSR count). The zero-order valence-electron chi connectivity index (χ0n) is 16.4. The normalized spacial score (nSPS) is 17.3. The van der Waals surface area contributed by atoms with Gasteiger partial charge in [0.15, 0.2) is 5.96 Å². The maximum Gasteiger partial charge on any atom is 0.407 e. The molecule has 8 heteroatoms. The number of alkyl carbamates (subject to hydrolysis) is 1. The van der Waals surface area contributed by atoms with Crippen molar-refractivity contribution in [3.63, 3.8) is 0 Å². The molecule has 6 nitrogen and oxygen atoms in total. The average Bonchev–Trinajstić information content (AvgIpc) is 2.98. The zero-order chi connectivity index (χ0) is 19.2. The highest BCUT2D eigenvalue weighted by Crippen LogP contribution is 2.12. The van der Waals surface area contributed by atoms with Crippen LogP contribution in [0.4, 0.5) is 9.18 Å². The second kappa shape index (κ2) is 10.7. The van der Waals surface area contributed by atoms with E-state index in [4.69, 9.17) is 4.74 Å². The molecule has 0 spiro atoms. The fraction of sp³-hybridized carbons (Fsp3) is 0.579. The van der Waals surface area contributed by atoms with Gasteiger partial charge in [-0.25, -0.2) is 9.18 Å². The van der Waals surface area contributed by atoms with Gasteiger partial charge in [0.1, 0.15) is 11.4 Å². The van der Waals surface area contributed by atoms with Gasteiger partial charge < -0.3 is 20.3 Å². The van der Waals surface area contributed by atoms with Crippen LogP contribution in [0.25, 0.3) is 0 Å². The third kappa shape index (κ3) is 8.32. The highest BCUT2D eigenvalue weighted by molar-refractivity contribution is 14.0. The van der Waals surface area contributed by atoms with Crippen molar-refractivity contribution in [2.75, 3.05) is 26.7 Å². The number of likely N-dealkylation sites (tertiary alicyclic amines) is 1. The van der Waals surface area contributed by atoms with Crippen molar-refractivity contribution in [2.24, 2.45) is 4.99 Å². The fourth-order valence-corrected chi connectivity index (χ4v) is 2.89. The summed E-state index contributed by atoms with van der Waals surface area (Å²) in [6.45, 7) is 7.68. The first kappa shape index (κ1) is 23.5. The van der Waals surface area contributed by atoms with Gasteiger partial charge in [-0.1, -0.05) is 12.1 Å². The number of nitrogens with zero attached hydrogens (tertiary/aromatic N) is 2. The minimum Gasteiger partial charge on any atom is -0.444 e. The minimum absolute atomic E-state index is 0. The van der Waals surface area contributed by atoms with Crippen LogP contribution >= 0.6 is 24.0 Å².